The highest BCUT2D eigenvalue weighted by atomic mass is 16.5. The number of carbonyl (C=O) groups excluding carboxylic acids is 1. The van der Waals surface area contributed by atoms with Crippen molar-refractivity contribution in [3.8, 4) is 0 Å². The number of piperazine rings is 1. The molecule has 0 spiro atoms. The third-order valence-corrected chi connectivity index (χ3v) is 2.42. The van der Waals surface area contributed by atoms with E-state index in [1.54, 1.807) is 0 Å². The largest absolute Gasteiger partial charge is 0.468 e. The number of ether oxygens (including phenoxy) is 1. The number of hydrogen-bond donors (Lipinski definition) is 2. The van der Waals surface area contributed by atoms with Crippen molar-refractivity contribution in [1.29, 1.82) is 0 Å². The average Bonchev–Trinajstić information content (AvgIpc) is 2.25. The second kappa shape index (κ2) is 5.95. The Morgan fingerprint density at radius 3 is 3.14 bits per heavy atom. The summed E-state index contributed by atoms with van der Waals surface area (Å²) in [6.45, 7) is 4.52. The van der Waals surface area contributed by atoms with Gasteiger partial charge in [0.25, 0.3) is 0 Å². The molecule has 0 aromatic heterocycles. The van der Waals surface area contributed by atoms with Gasteiger partial charge in [0.1, 0.15) is 6.04 Å². The molecule has 5 nitrogen and oxygen atoms in total. The van der Waals surface area contributed by atoms with Crippen LogP contribution in [-0.2, 0) is 9.53 Å². The van der Waals surface area contributed by atoms with E-state index in [0.717, 1.165) is 32.7 Å². The lowest BCUT2D eigenvalue weighted by atomic mass is 10.2. The highest BCUT2D eigenvalue weighted by Crippen LogP contribution is 1.99. The highest BCUT2D eigenvalue weighted by Gasteiger charge is 2.25. The van der Waals surface area contributed by atoms with Crippen LogP contribution >= 0.6 is 0 Å². The summed E-state index contributed by atoms with van der Waals surface area (Å²) in [6.07, 6.45) is 0. The molecular formula is C9H19N3O2. The minimum atomic E-state index is -0.167. The molecule has 0 aliphatic carbocycles. The molecule has 1 atom stereocenters. The first-order valence-corrected chi connectivity index (χ1v) is 4.96. The fourth-order valence-electron chi connectivity index (χ4n) is 1.58. The van der Waals surface area contributed by atoms with Crippen LogP contribution in [0, 0.1) is 0 Å². The van der Waals surface area contributed by atoms with Crippen LogP contribution in [0.25, 0.3) is 0 Å². The molecule has 14 heavy (non-hydrogen) atoms. The summed E-state index contributed by atoms with van der Waals surface area (Å²) in [5, 5.41) is 6.23. The molecule has 0 aromatic carbocycles. The number of rotatable bonds is 4. The Kier molecular flexibility index (Phi) is 4.86. The summed E-state index contributed by atoms with van der Waals surface area (Å²) in [6, 6.07) is -0.161. The second-order valence-electron chi connectivity index (χ2n) is 3.43. The van der Waals surface area contributed by atoms with E-state index in [0.29, 0.717) is 0 Å². The van der Waals surface area contributed by atoms with Crippen molar-refractivity contribution in [2.45, 2.75) is 6.04 Å². The lowest BCUT2D eigenvalue weighted by Gasteiger charge is -2.31. The minimum absolute atomic E-state index is 0.161. The van der Waals surface area contributed by atoms with Crippen molar-refractivity contribution in [2.75, 3.05) is 46.9 Å². The Labute approximate surface area is 84.8 Å². The molecule has 1 saturated heterocycles. The number of nitrogens with one attached hydrogen (secondary N) is 2. The summed E-state index contributed by atoms with van der Waals surface area (Å²) in [7, 11) is 3.36. The number of nitrogens with zero attached hydrogens (tertiary/aromatic N) is 1. The molecule has 82 valence electrons. The number of hydrogen-bond acceptors (Lipinski definition) is 5. The fraction of sp³-hybridized carbons (Fsp3) is 0.889. The first kappa shape index (κ1) is 11.4. The molecule has 0 saturated carbocycles. The molecule has 1 aliphatic rings. The van der Waals surface area contributed by atoms with E-state index < -0.39 is 0 Å². The van der Waals surface area contributed by atoms with Gasteiger partial charge in [0.2, 0.25) is 0 Å². The first-order valence-electron chi connectivity index (χ1n) is 4.96. The summed E-state index contributed by atoms with van der Waals surface area (Å²) in [4.78, 5) is 13.5. The van der Waals surface area contributed by atoms with Gasteiger partial charge < -0.3 is 15.4 Å². The number of carbonyl (C=O) groups is 1. The second-order valence-corrected chi connectivity index (χ2v) is 3.43. The van der Waals surface area contributed by atoms with Gasteiger partial charge in [-0.25, -0.2) is 0 Å². The quantitative estimate of drug-likeness (QED) is 0.551. The van der Waals surface area contributed by atoms with E-state index >= 15 is 0 Å². The fourth-order valence-corrected chi connectivity index (χ4v) is 1.58. The van der Waals surface area contributed by atoms with Crippen LogP contribution in [0.5, 0.6) is 0 Å². The molecule has 1 unspecified atom stereocenters. The average molecular weight is 201 g/mol. The third kappa shape index (κ3) is 3.25. The van der Waals surface area contributed by atoms with Crippen LogP contribution in [0.1, 0.15) is 0 Å². The summed E-state index contributed by atoms with van der Waals surface area (Å²) in [5.74, 6) is -0.167. The molecule has 0 aromatic rings. The first-order chi connectivity index (χ1) is 6.77. The van der Waals surface area contributed by atoms with Crippen molar-refractivity contribution in [3.05, 3.63) is 0 Å². The molecule has 0 bridgehead atoms. The lowest BCUT2D eigenvalue weighted by Crippen LogP contribution is -2.55. The zero-order valence-corrected chi connectivity index (χ0v) is 8.88. The van der Waals surface area contributed by atoms with Gasteiger partial charge in [-0.2, -0.15) is 0 Å². The smallest absolute Gasteiger partial charge is 0.324 e. The Hall–Kier alpha value is -0.650. The van der Waals surface area contributed by atoms with Crippen LogP contribution in [-0.4, -0.2) is 63.8 Å². The summed E-state index contributed by atoms with van der Waals surface area (Å²) in [5.41, 5.74) is 0. The van der Waals surface area contributed by atoms with Crippen LogP contribution in [0.15, 0.2) is 0 Å². The van der Waals surface area contributed by atoms with Gasteiger partial charge in [-0.3, -0.25) is 9.69 Å². The van der Waals surface area contributed by atoms with E-state index in [-0.39, 0.29) is 12.0 Å². The Morgan fingerprint density at radius 1 is 1.71 bits per heavy atom. The Balaban J connectivity index is 2.31. The van der Waals surface area contributed by atoms with Gasteiger partial charge in [-0.05, 0) is 7.05 Å². The van der Waals surface area contributed by atoms with Crippen molar-refractivity contribution >= 4 is 5.97 Å². The maximum Gasteiger partial charge on any atom is 0.324 e. The lowest BCUT2D eigenvalue weighted by molar-refractivity contribution is -0.144. The topological polar surface area (TPSA) is 53.6 Å². The van der Waals surface area contributed by atoms with Gasteiger partial charge in [-0.1, -0.05) is 0 Å². The highest BCUT2D eigenvalue weighted by molar-refractivity contribution is 5.76. The molecular weight excluding hydrogens is 182 g/mol. The number of likely N-dealkylation sites (N-methyl/N-ethyl adjacent to an activating group) is 1. The standard InChI is InChI=1S/C9H19N3O2/c1-10-3-5-12-6-4-11-8(7-12)9(13)14-2/h8,10-11H,3-7H2,1-2H3. The maximum atomic E-state index is 11.3. The van der Waals surface area contributed by atoms with Crippen LogP contribution in [0.2, 0.25) is 0 Å². The number of esters is 1. The third-order valence-electron chi connectivity index (χ3n) is 2.42. The van der Waals surface area contributed by atoms with Crippen molar-refractivity contribution in [2.24, 2.45) is 0 Å². The van der Waals surface area contributed by atoms with Gasteiger partial charge in [0.05, 0.1) is 7.11 Å². The van der Waals surface area contributed by atoms with Crippen LogP contribution < -0.4 is 10.6 Å². The molecule has 1 aliphatic heterocycles. The monoisotopic (exact) mass is 201 g/mol. The van der Waals surface area contributed by atoms with Crippen molar-refractivity contribution < 1.29 is 9.53 Å². The molecule has 1 fully saturated rings. The van der Waals surface area contributed by atoms with Crippen LogP contribution in [0.3, 0.4) is 0 Å². The van der Waals surface area contributed by atoms with E-state index in [4.69, 9.17) is 4.74 Å². The van der Waals surface area contributed by atoms with Crippen LogP contribution in [0.4, 0.5) is 0 Å². The molecule has 5 heteroatoms. The molecule has 1 rings (SSSR count). The predicted octanol–water partition coefficient (Wildman–Crippen LogP) is -1.35. The minimum Gasteiger partial charge on any atom is -0.468 e. The molecule has 0 radical (unpaired) electrons. The Morgan fingerprint density at radius 2 is 2.50 bits per heavy atom. The van der Waals surface area contributed by atoms with Gasteiger partial charge >= 0.3 is 5.97 Å². The van der Waals surface area contributed by atoms with Crippen molar-refractivity contribution in [3.63, 3.8) is 0 Å². The van der Waals surface area contributed by atoms with Crippen molar-refractivity contribution in [1.82, 2.24) is 15.5 Å². The van der Waals surface area contributed by atoms with E-state index in [1.165, 1.54) is 7.11 Å². The van der Waals surface area contributed by atoms with Gasteiger partial charge in [0.15, 0.2) is 0 Å². The van der Waals surface area contributed by atoms with E-state index in [9.17, 15) is 4.79 Å². The molecule has 0 amide bonds. The number of methoxy groups -OCH3 is 1. The zero-order valence-electron chi connectivity index (χ0n) is 8.88. The maximum absolute atomic E-state index is 11.3. The summed E-state index contributed by atoms with van der Waals surface area (Å²) < 4.78 is 4.70. The van der Waals surface area contributed by atoms with Gasteiger partial charge in [0, 0.05) is 32.7 Å². The van der Waals surface area contributed by atoms with E-state index in [2.05, 4.69) is 15.5 Å². The zero-order chi connectivity index (χ0) is 10.4. The molecule has 2 N–H and O–H groups in total. The van der Waals surface area contributed by atoms with E-state index in [1.807, 2.05) is 7.05 Å². The normalized spacial score (nSPS) is 23.4. The SMILES string of the molecule is CNCCN1CCNC(C(=O)OC)C1. The predicted molar refractivity (Wildman–Crippen MR) is 54.2 cm³/mol. The Bertz CT molecular complexity index is 187. The summed E-state index contributed by atoms with van der Waals surface area (Å²) >= 11 is 0. The molecule has 1 heterocycles. The van der Waals surface area contributed by atoms with Gasteiger partial charge in [-0.15, -0.1) is 0 Å².